The quantitative estimate of drug-likeness (QED) is 0.729. The zero-order valence-corrected chi connectivity index (χ0v) is 10.7. The van der Waals surface area contributed by atoms with Gasteiger partial charge >= 0.3 is 0 Å². The van der Waals surface area contributed by atoms with E-state index in [2.05, 4.69) is 10.2 Å². The fourth-order valence-corrected chi connectivity index (χ4v) is 2.06. The Morgan fingerprint density at radius 2 is 1.50 bits per heavy atom. The van der Waals surface area contributed by atoms with Gasteiger partial charge in [0, 0.05) is 11.1 Å². The van der Waals surface area contributed by atoms with Crippen molar-refractivity contribution >= 4 is 17.0 Å². The lowest BCUT2D eigenvalue weighted by molar-refractivity contribution is 0.104. The molecule has 0 N–H and O–H groups in total. The molecule has 1 aliphatic carbocycles. The fraction of sp³-hybridized carbons (Fsp3) is 0. The van der Waals surface area contributed by atoms with E-state index in [-0.39, 0.29) is 5.78 Å². The minimum absolute atomic E-state index is 0.0257. The van der Waals surface area contributed by atoms with Gasteiger partial charge in [-0.1, -0.05) is 42.5 Å². The molecule has 2 aromatic carbocycles. The maximum absolute atomic E-state index is 11.8. The summed E-state index contributed by atoms with van der Waals surface area (Å²) in [6.07, 6.45) is 5.01. The van der Waals surface area contributed by atoms with Crippen molar-refractivity contribution in [3.05, 3.63) is 84.1 Å². The first kappa shape index (κ1) is 12.2. The Balaban J connectivity index is 1.91. The molecule has 1 aliphatic rings. The topological polar surface area (TPSA) is 41.8 Å². The fourth-order valence-electron chi connectivity index (χ4n) is 2.06. The van der Waals surface area contributed by atoms with E-state index in [4.69, 9.17) is 0 Å². The molecule has 0 radical (unpaired) electrons. The van der Waals surface area contributed by atoms with Crippen LogP contribution in [0.5, 0.6) is 0 Å². The second-order valence-corrected chi connectivity index (χ2v) is 4.38. The van der Waals surface area contributed by atoms with Gasteiger partial charge < -0.3 is 0 Å². The number of carbonyl (C=O) groups is 1. The number of hydrogen-bond acceptors (Lipinski definition) is 3. The molecule has 0 fully saturated rings. The van der Waals surface area contributed by atoms with Crippen molar-refractivity contribution in [2.45, 2.75) is 0 Å². The van der Waals surface area contributed by atoms with Crippen molar-refractivity contribution in [3.8, 4) is 0 Å². The Labute approximate surface area is 117 Å². The van der Waals surface area contributed by atoms with Gasteiger partial charge in [0.25, 0.3) is 0 Å². The number of allylic oxidation sites excluding steroid dienone is 3. The van der Waals surface area contributed by atoms with Crippen LogP contribution in [0.3, 0.4) is 0 Å². The van der Waals surface area contributed by atoms with Gasteiger partial charge in [0.15, 0.2) is 5.78 Å². The third kappa shape index (κ3) is 2.47. The zero-order valence-electron chi connectivity index (χ0n) is 10.7. The first-order valence-electron chi connectivity index (χ1n) is 6.32. The van der Waals surface area contributed by atoms with Gasteiger partial charge in [0.2, 0.25) is 0 Å². The summed E-state index contributed by atoms with van der Waals surface area (Å²) in [4.78, 5) is 11.8. The lowest BCUT2D eigenvalue weighted by Gasteiger charge is -2.11. The highest BCUT2D eigenvalue weighted by atomic mass is 16.1. The SMILES string of the molecule is O=C1C=C/C(=C/N=Nc2ccccc2)c2ccccc21. The van der Waals surface area contributed by atoms with Gasteiger partial charge in [0.1, 0.15) is 0 Å². The molecule has 0 heterocycles. The summed E-state index contributed by atoms with van der Waals surface area (Å²) in [5.41, 5.74) is 3.29. The number of nitrogens with zero attached hydrogens (tertiary/aromatic N) is 2. The minimum Gasteiger partial charge on any atom is -0.289 e. The van der Waals surface area contributed by atoms with Gasteiger partial charge in [-0.2, -0.15) is 10.2 Å². The molecule has 0 spiro atoms. The van der Waals surface area contributed by atoms with Crippen LogP contribution in [-0.2, 0) is 0 Å². The smallest absolute Gasteiger partial charge is 0.186 e. The summed E-state index contributed by atoms with van der Waals surface area (Å²) in [6.45, 7) is 0. The van der Waals surface area contributed by atoms with Gasteiger partial charge in [-0.15, -0.1) is 0 Å². The molecule has 0 aliphatic heterocycles. The Kier molecular flexibility index (Phi) is 3.33. The van der Waals surface area contributed by atoms with Crippen LogP contribution in [0.1, 0.15) is 15.9 Å². The molecule has 96 valence electrons. The molecule has 0 unspecified atom stereocenters. The molecular formula is C17H12N2O. The average molecular weight is 260 g/mol. The van der Waals surface area contributed by atoms with E-state index < -0.39 is 0 Å². The monoisotopic (exact) mass is 260 g/mol. The second-order valence-electron chi connectivity index (χ2n) is 4.38. The number of rotatable bonds is 2. The molecule has 2 aromatic rings. The van der Waals surface area contributed by atoms with E-state index in [1.807, 2.05) is 54.6 Å². The number of fused-ring (bicyclic) bond motifs is 1. The Morgan fingerprint density at radius 3 is 2.30 bits per heavy atom. The molecular weight excluding hydrogens is 248 g/mol. The Hall–Kier alpha value is -2.81. The van der Waals surface area contributed by atoms with Crippen molar-refractivity contribution in [2.75, 3.05) is 0 Å². The third-order valence-corrected chi connectivity index (χ3v) is 3.04. The van der Waals surface area contributed by atoms with E-state index in [1.165, 1.54) is 0 Å². The van der Waals surface area contributed by atoms with E-state index >= 15 is 0 Å². The summed E-state index contributed by atoms with van der Waals surface area (Å²) in [6, 6.07) is 17.0. The lowest BCUT2D eigenvalue weighted by atomic mass is 9.92. The van der Waals surface area contributed by atoms with Crippen molar-refractivity contribution < 1.29 is 4.79 Å². The predicted molar refractivity (Wildman–Crippen MR) is 78.8 cm³/mol. The molecule has 0 amide bonds. The second kappa shape index (κ2) is 5.45. The van der Waals surface area contributed by atoms with Crippen LogP contribution >= 0.6 is 0 Å². The molecule has 0 aromatic heterocycles. The normalized spacial score (nSPS) is 15.8. The minimum atomic E-state index is 0.0257. The maximum Gasteiger partial charge on any atom is 0.186 e. The van der Waals surface area contributed by atoms with Crippen molar-refractivity contribution in [3.63, 3.8) is 0 Å². The van der Waals surface area contributed by atoms with Crippen LogP contribution in [0, 0.1) is 0 Å². The summed E-state index contributed by atoms with van der Waals surface area (Å²) in [5.74, 6) is 0.0257. The molecule has 20 heavy (non-hydrogen) atoms. The van der Waals surface area contributed by atoms with Crippen LogP contribution in [0.2, 0.25) is 0 Å². The predicted octanol–water partition coefficient (Wildman–Crippen LogP) is 4.56. The molecule has 3 heteroatoms. The number of benzene rings is 2. The van der Waals surface area contributed by atoms with Crippen LogP contribution in [0.15, 0.2) is 83.2 Å². The van der Waals surface area contributed by atoms with Crippen LogP contribution in [0.4, 0.5) is 5.69 Å². The average Bonchev–Trinajstić information content (AvgIpc) is 2.51. The van der Waals surface area contributed by atoms with Gasteiger partial charge in [-0.3, -0.25) is 4.79 Å². The van der Waals surface area contributed by atoms with Crippen LogP contribution < -0.4 is 0 Å². The molecule has 3 nitrogen and oxygen atoms in total. The number of hydrogen-bond donors (Lipinski definition) is 0. The maximum atomic E-state index is 11.8. The molecule has 3 rings (SSSR count). The number of azo groups is 1. The van der Waals surface area contributed by atoms with Crippen LogP contribution in [-0.4, -0.2) is 5.78 Å². The summed E-state index contributed by atoms with van der Waals surface area (Å²) in [5, 5.41) is 8.21. The van der Waals surface area contributed by atoms with Crippen molar-refractivity contribution in [1.29, 1.82) is 0 Å². The lowest BCUT2D eigenvalue weighted by Crippen LogP contribution is -2.03. The van der Waals surface area contributed by atoms with Crippen LogP contribution in [0.25, 0.3) is 5.57 Å². The number of ketones is 1. The Morgan fingerprint density at radius 1 is 0.800 bits per heavy atom. The largest absolute Gasteiger partial charge is 0.289 e. The van der Waals surface area contributed by atoms with Crippen molar-refractivity contribution in [2.24, 2.45) is 10.2 Å². The highest BCUT2D eigenvalue weighted by Gasteiger charge is 2.14. The first-order valence-corrected chi connectivity index (χ1v) is 6.32. The van der Waals surface area contributed by atoms with E-state index in [1.54, 1.807) is 18.4 Å². The summed E-state index contributed by atoms with van der Waals surface area (Å²) >= 11 is 0. The third-order valence-electron chi connectivity index (χ3n) is 3.04. The molecule has 0 atom stereocenters. The van der Waals surface area contributed by atoms with E-state index in [0.29, 0.717) is 5.56 Å². The van der Waals surface area contributed by atoms with Gasteiger partial charge in [0.05, 0.1) is 11.9 Å². The summed E-state index contributed by atoms with van der Waals surface area (Å²) < 4.78 is 0. The highest BCUT2D eigenvalue weighted by Crippen LogP contribution is 2.26. The number of carbonyl (C=O) groups excluding carboxylic acids is 1. The van der Waals surface area contributed by atoms with Crippen molar-refractivity contribution in [1.82, 2.24) is 0 Å². The zero-order chi connectivity index (χ0) is 13.8. The molecule has 0 saturated carbocycles. The van der Waals surface area contributed by atoms with Gasteiger partial charge in [-0.05, 0) is 29.8 Å². The summed E-state index contributed by atoms with van der Waals surface area (Å²) in [7, 11) is 0. The first-order chi connectivity index (χ1) is 9.84. The molecule has 0 saturated heterocycles. The van der Waals surface area contributed by atoms with E-state index in [0.717, 1.165) is 16.8 Å². The molecule has 0 bridgehead atoms. The van der Waals surface area contributed by atoms with E-state index in [9.17, 15) is 4.79 Å². The van der Waals surface area contributed by atoms with Gasteiger partial charge in [-0.25, -0.2) is 0 Å². The standard InChI is InChI=1S/C17H12N2O/c20-17-11-10-13(15-8-4-5-9-16(15)17)12-18-19-14-6-2-1-3-7-14/h1-12H/b13-12-,19-18?. The Bertz CT molecular complexity index is 728. The highest BCUT2D eigenvalue weighted by molar-refractivity contribution is 6.12.